The van der Waals surface area contributed by atoms with Crippen LogP contribution in [0.15, 0.2) is 59.4 Å². The second-order valence-electron chi connectivity index (χ2n) is 4.91. The zero-order valence-corrected chi connectivity index (χ0v) is 12.3. The summed E-state index contributed by atoms with van der Waals surface area (Å²) < 4.78 is 0. The average Bonchev–Trinajstić information content (AvgIpc) is 2.35. The minimum Gasteiger partial charge on any atom is -0.510 e. The first-order valence-corrected chi connectivity index (χ1v) is 6.59. The fourth-order valence-corrected chi connectivity index (χ4v) is 1.41. The van der Waals surface area contributed by atoms with Gasteiger partial charge in [-0.15, -0.1) is 0 Å². The zero-order chi connectivity index (χ0) is 14.7. The molecular formula is C17H26O2. The second-order valence-corrected chi connectivity index (χ2v) is 4.91. The van der Waals surface area contributed by atoms with Crippen molar-refractivity contribution < 1.29 is 10.2 Å². The standard InChI is InChI=1S/C17H26O2/c1-14(2)7-5-8-15(3)11-12-16(4)9-6-10-17(19)13-18/h6-7,9-11,18-19H,4-5,8,12-13H2,1-3H3/b9-6-,15-11+,17-10+. The van der Waals surface area contributed by atoms with Crippen LogP contribution >= 0.6 is 0 Å². The molecule has 0 amide bonds. The molecule has 0 aromatic carbocycles. The fourth-order valence-electron chi connectivity index (χ4n) is 1.41. The van der Waals surface area contributed by atoms with Gasteiger partial charge >= 0.3 is 0 Å². The summed E-state index contributed by atoms with van der Waals surface area (Å²) in [5, 5.41) is 17.7. The van der Waals surface area contributed by atoms with Crippen molar-refractivity contribution in [3.8, 4) is 0 Å². The zero-order valence-electron chi connectivity index (χ0n) is 12.3. The van der Waals surface area contributed by atoms with Crippen LogP contribution in [0.2, 0.25) is 0 Å². The van der Waals surface area contributed by atoms with E-state index in [4.69, 9.17) is 10.2 Å². The maximum absolute atomic E-state index is 9.04. The van der Waals surface area contributed by atoms with Crippen molar-refractivity contribution in [2.75, 3.05) is 6.61 Å². The highest BCUT2D eigenvalue weighted by atomic mass is 16.3. The molecule has 2 heteroatoms. The molecule has 0 saturated heterocycles. The second kappa shape index (κ2) is 10.4. The molecule has 0 saturated carbocycles. The van der Waals surface area contributed by atoms with Gasteiger partial charge in [0.15, 0.2) is 0 Å². The third-order valence-electron chi connectivity index (χ3n) is 2.59. The molecule has 2 N–H and O–H groups in total. The Bertz CT molecular complexity index is 391. The average molecular weight is 262 g/mol. The molecule has 0 aliphatic carbocycles. The Balaban J connectivity index is 4.10. The van der Waals surface area contributed by atoms with Crippen LogP contribution in [0, 0.1) is 0 Å². The minimum absolute atomic E-state index is 0.0440. The molecule has 0 bridgehead atoms. The molecule has 2 nitrogen and oxygen atoms in total. The lowest BCUT2D eigenvalue weighted by Gasteiger charge is -2.00. The summed E-state index contributed by atoms with van der Waals surface area (Å²) in [7, 11) is 0. The van der Waals surface area contributed by atoms with Crippen LogP contribution in [-0.2, 0) is 0 Å². The highest BCUT2D eigenvalue weighted by molar-refractivity contribution is 5.23. The molecule has 0 aromatic rings. The third kappa shape index (κ3) is 11.3. The van der Waals surface area contributed by atoms with E-state index >= 15 is 0 Å². The van der Waals surface area contributed by atoms with E-state index in [1.165, 1.54) is 17.2 Å². The van der Waals surface area contributed by atoms with Gasteiger partial charge in [-0.25, -0.2) is 0 Å². The molecule has 0 aliphatic rings. The topological polar surface area (TPSA) is 40.5 Å². The molecule has 0 spiro atoms. The van der Waals surface area contributed by atoms with Crippen LogP contribution in [0.25, 0.3) is 0 Å². The van der Waals surface area contributed by atoms with Crippen LogP contribution in [0.3, 0.4) is 0 Å². The molecule has 0 rings (SSSR count). The predicted octanol–water partition coefficient (Wildman–Crippen LogP) is 4.62. The van der Waals surface area contributed by atoms with Crippen LogP contribution in [0.5, 0.6) is 0 Å². The van der Waals surface area contributed by atoms with E-state index in [2.05, 4.69) is 39.5 Å². The molecule has 19 heavy (non-hydrogen) atoms. The summed E-state index contributed by atoms with van der Waals surface area (Å²) in [6.45, 7) is 9.96. The van der Waals surface area contributed by atoms with Crippen molar-refractivity contribution in [3.05, 3.63) is 59.4 Å². The first-order chi connectivity index (χ1) is 8.95. The van der Waals surface area contributed by atoms with E-state index in [1.54, 1.807) is 6.08 Å². The van der Waals surface area contributed by atoms with Crippen molar-refractivity contribution in [2.24, 2.45) is 0 Å². The minimum atomic E-state index is -0.333. The van der Waals surface area contributed by atoms with Crippen molar-refractivity contribution in [2.45, 2.75) is 40.0 Å². The summed E-state index contributed by atoms with van der Waals surface area (Å²) in [5.74, 6) is -0.0440. The molecule has 0 radical (unpaired) electrons. The highest BCUT2D eigenvalue weighted by Gasteiger charge is 1.91. The van der Waals surface area contributed by atoms with Gasteiger partial charge in [-0.2, -0.15) is 0 Å². The Morgan fingerprint density at radius 2 is 1.84 bits per heavy atom. The quantitative estimate of drug-likeness (QED) is 0.381. The molecule has 106 valence electrons. The lowest BCUT2D eigenvalue weighted by Crippen LogP contribution is -1.85. The number of aliphatic hydroxyl groups excluding tert-OH is 2. The van der Waals surface area contributed by atoms with Crippen molar-refractivity contribution in [1.29, 1.82) is 0 Å². The SMILES string of the molecule is C=C(/C=C\C=C(\O)CO)C/C=C(\C)CCC=C(C)C. The van der Waals surface area contributed by atoms with Crippen LogP contribution in [0.1, 0.15) is 40.0 Å². The Morgan fingerprint density at radius 1 is 1.16 bits per heavy atom. The lowest BCUT2D eigenvalue weighted by molar-refractivity contribution is 0.253. The van der Waals surface area contributed by atoms with Gasteiger partial charge in [-0.3, -0.25) is 0 Å². The lowest BCUT2D eigenvalue weighted by atomic mass is 10.1. The number of aliphatic hydroxyl groups is 2. The fraction of sp³-hybridized carbons (Fsp3) is 0.412. The van der Waals surface area contributed by atoms with Gasteiger partial charge in [0.1, 0.15) is 12.4 Å². The van der Waals surface area contributed by atoms with Crippen molar-refractivity contribution in [3.63, 3.8) is 0 Å². The third-order valence-corrected chi connectivity index (χ3v) is 2.59. The van der Waals surface area contributed by atoms with Crippen LogP contribution in [-0.4, -0.2) is 16.8 Å². The Labute approximate surface area is 117 Å². The largest absolute Gasteiger partial charge is 0.510 e. The normalized spacial score (nSPS) is 12.8. The Hall–Kier alpha value is -1.54. The van der Waals surface area contributed by atoms with Crippen molar-refractivity contribution >= 4 is 0 Å². The molecule has 0 aromatic heterocycles. The maximum atomic E-state index is 9.04. The maximum Gasteiger partial charge on any atom is 0.118 e. The van der Waals surface area contributed by atoms with Gasteiger partial charge in [0, 0.05) is 0 Å². The predicted molar refractivity (Wildman–Crippen MR) is 83.1 cm³/mol. The van der Waals surface area contributed by atoms with Gasteiger partial charge in [-0.1, -0.05) is 47.6 Å². The van der Waals surface area contributed by atoms with Crippen molar-refractivity contribution in [1.82, 2.24) is 0 Å². The van der Waals surface area contributed by atoms with Gasteiger partial charge in [0.05, 0.1) is 0 Å². The van der Waals surface area contributed by atoms with E-state index < -0.39 is 0 Å². The van der Waals surface area contributed by atoms with Gasteiger partial charge in [0.25, 0.3) is 0 Å². The number of allylic oxidation sites excluding steroid dienone is 8. The van der Waals surface area contributed by atoms with E-state index in [-0.39, 0.29) is 12.4 Å². The van der Waals surface area contributed by atoms with E-state index in [9.17, 15) is 0 Å². The molecule has 0 aliphatic heterocycles. The van der Waals surface area contributed by atoms with Gasteiger partial charge < -0.3 is 10.2 Å². The molecular weight excluding hydrogens is 236 g/mol. The summed E-state index contributed by atoms with van der Waals surface area (Å²) in [5.41, 5.74) is 3.69. The van der Waals surface area contributed by atoms with E-state index in [0.717, 1.165) is 24.8 Å². The van der Waals surface area contributed by atoms with E-state index in [0.29, 0.717) is 0 Å². The highest BCUT2D eigenvalue weighted by Crippen LogP contribution is 2.10. The first kappa shape index (κ1) is 17.5. The summed E-state index contributed by atoms with van der Waals surface area (Å²) in [4.78, 5) is 0. The summed E-state index contributed by atoms with van der Waals surface area (Å²) >= 11 is 0. The molecule has 0 atom stereocenters. The smallest absolute Gasteiger partial charge is 0.118 e. The number of hydrogen-bond acceptors (Lipinski definition) is 2. The first-order valence-electron chi connectivity index (χ1n) is 6.59. The molecule has 0 heterocycles. The number of hydrogen-bond donors (Lipinski definition) is 2. The van der Waals surface area contributed by atoms with Crippen LogP contribution in [0.4, 0.5) is 0 Å². The van der Waals surface area contributed by atoms with Gasteiger partial charge in [-0.05, 0) is 46.1 Å². The Morgan fingerprint density at radius 3 is 2.42 bits per heavy atom. The summed E-state index contributed by atoms with van der Waals surface area (Å²) in [6.07, 6.45) is 12.4. The van der Waals surface area contributed by atoms with Gasteiger partial charge in [0.2, 0.25) is 0 Å². The monoisotopic (exact) mass is 262 g/mol. The number of rotatable bonds is 8. The van der Waals surface area contributed by atoms with Crippen LogP contribution < -0.4 is 0 Å². The summed E-state index contributed by atoms with van der Waals surface area (Å²) in [6, 6.07) is 0. The Kier molecular flexibility index (Phi) is 9.55. The molecule has 0 fully saturated rings. The van der Waals surface area contributed by atoms with E-state index in [1.807, 2.05) is 6.08 Å². The molecule has 0 unspecified atom stereocenters.